The molecule has 8 heteroatoms. The van der Waals surface area contributed by atoms with Crippen LogP contribution in [0.3, 0.4) is 0 Å². The lowest BCUT2D eigenvalue weighted by Gasteiger charge is -2.25. The van der Waals surface area contributed by atoms with E-state index in [2.05, 4.69) is 64.3 Å². The normalized spacial score (nSPS) is 19.9. The van der Waals surface area contributed by atoms with Crippen LogP contribution in [0, 0.1) is 0 Å². The molecule has 1 unspecified atom stereocenters. The van der Waals surface area contributed by atoms with E-state index in [0.717, 1.165) is 53.3 Å². The van der Waals surface area contributed by atoms with Crippen molar-refractivity contribution in [3.05, 3.63) is 83.3 Å². The van der Waals surface area contributed by atoms with E-state index in [1.807, 2.05) is 6.07 Å². The van der Waals surface area contributed by atoms with Gasteiger partial charge in [-0.25, -0.2) is 9.75 Å². The second-order valence-corrected chi connectivity index (χ2v) is 14.7. The Labute approximate surface area is 184 Å². The maximum Gasteiger partial charge on any atom is 0.198 e. The highest BCUT2D eigenvalue weighted by Gasteiger charge is 2.33. The summed E-state index contributed by atoms with van der Waals surface area (Å²) < 4.78 is 7.46. The summed E-state index contributed by atoms with van der Waals surface area (Å²) in [4.78, 5) is 4.89. The topological polar surface area (TPSA) is 42.2 Å². The minimum Gasteiger partial charge on any atom is -0.324 e. The molecular weight excluding hydrogens is 435 g/mol. The minimum atomic E-state index is -2.19. The summed E-state index contributed by atoms with van der Waals surface area (Å²) in [6.45, 7) is 1.02. The number of nitrogens with zero attached hydrogens (tertiary/aromatic N) is 3. The van der Waals surface area contributed by atoms with Gasteiger partial charge in [0.15, 0.2) is 11.4 Å². The molecule has 2 aromatic carbocycles. The number of fused-ring (bicyclic) bond motifs is 3. The number of rotatable bonds is 5. The number of thioether (sulfide) groups is 1. The standard InChI is InChI=1S/C21H21N4PS3/c27-26(29-15-17-10-5-2-6-11-17)23-20-19(25-13-7-12-18(25)22-20)21(24-26)28-14-16-8-3-1-4-9-16/h1-6,8-11H,7,12-15H2,(H,23,24,27). The van der Waals surface area contributed by atoms with Gasteiger partial charge in [0, 0.05) is 24.5 Å². The summed E-state index contributed by atoms with van der Waals surface area (Å²) >= 11 is 9.59. The van der Waals surface area contributed by atoms with Crippen molar-refractivity contribution in [3.8, 4) is 0 Å². The molecule has 29 heavy (non-hydrogen) atoms. The predicted octanol–water partition coefficient (Wildman–Crippen LogP) is 6.09. The lowest BCUT2D eigenvalue weighted by Crippen LogP contribution is -2.13. The molecule has 0 spiro atoms. The van der Waals surface area contributed by atoms with Gasteiger partial charge in [-0.1, -0.05) is 83.8 Å². The lowest BCUT2D eigenvalue weighted by molar-refractivity contribution is 0.745. The zero-order chi connectivity index (χ0) is 19.7. The average molecular weight is 457 g/mol. The first-order valence-electron chi connectivity index (χ1n) is 9.64. The molecule has 2 aliphatic rings. The van der Waals surface area contributed by atoms with E-state index in [4.69, 9.17) is 21.6 Å². The number of hydrogen-bond donors (Lipinski definition) is 1. The molecule has 0 saturated carbocycles. The van der Waals surface area contributed by atoms with Crippen LogP contribution in [0.4, 0.5) is 5.82 Å². The Hall–Kier alpha value is -1.53. The molecule has 3 heterocycles. The molecule has 3 aromatic rings. The maximum atomic E-state index is 6.06. The number of aryl methyl sites for hydroxylation is 1. The number of hydrogen-bond acceptors (Lipinski definition) is 4. The van der Waals surface area contributed by atoms with Crippen molar-refractivity contribution in [1.29, 1.82) is 0 Å². The van der Waals surface area contributed by atoms with Crippen LogP contribution in [-0.2, 0) is 36.3 Å². The fraction of sp³-hybridized carbons (Fsp3) is 0.238. The maximum absolute atomic E-state index is 6.06. The number of benzene rings is 2. The Bertz CT molecular complexity index is 1100. The predicted molar refractivity (Wildman–Crippen MR) is 130 cm³/mol. The van der Waals surface area contributed by atoms with Crippen LogP contribution in [0.25, 0.3) is 0 Å². The van der Waals surface area contributed by atoms with E-state index in [1.165, 1.54) is 11.1 Å². The summed E-state index contributed by atoms with van der Waals surface area (Å²) in [5.74, 6) is 3.84. The van der Waals surface area contributed by atoms with Crippen molar-refractivity contribution in [3.63, 3.8) is 0 Å². The third-order valence-electron chi connectivity index (χ3n) is 4.97. The Balaban J connectivity index is 1.43. The van der Waals surface area contributed by atoms with E-state index in [0.29, 0.717) is 0 Å². The Morgan fingerprint density at radius 1 is 1.00 bits per heavy atom. The Morgan fingerprint density at radius 2 is 1.69 bits per heavy atom. The highest BCUT2D eigenvalue weighted by Crippen LogP contribution is 2.64. The van der Waals surface area contributed by atoms with Gasteiger partial charge in [-0.2, -0.15) is 0 Å². The molecule has 1 N–H and O–H groups in total. The largest absolute Gasteiger partial charge is 0.324 e. The van der Waals surface area contributed by atoms with Crippen LogP contribution in [0.15, 0.2) is 65.4 Å². The summed E-state index contributed by atoms with van der Waals surface area (Å²) in [5, 5.41) is 4.61. The number of aromatic nitrogens is 2. The molecule has 2 aliphatic heterocycles. The quantitative estimate of drug-likeness (QED) is 0.471. The van der Waals surface area contributed by atoms with Crippen LogP contribution >= 0.6 is 28.7 Å². The zero-order valence-electron chi connectivity index (χ0n) is 15.8. The molecular formula is C21H21N4PS3. The minimum absolute atomic E-state index is 0.855. The smallest absolute Gasteiger partial charge is 0.198 e. The van der Waals surface area contributed by atoms with Gasteiger partial charge in [0.25, 0.3) is 0 Å². The molecule has 1 atom stereocenters. The van der Waals surface area contributed by atoms with Gasteiger partial charge < -0.3 is 9.65 Å². The summed E-state index contributed by atoms with van der Waals surface area (Å²) in [6, 6.07) is 21.0. The van der Waals surface area contributed by atoms with Crippen LogP contribution in [0.5, 0.6) is 0 Å². The third-order valence-corrected chi connectivity index (χ3v) is 11.3. The molecule has 0 aliphatic carbocycles. The van der Waals surface area contributed by atoms with E-state index in [-0.39, 0.29) is 0 Å². The molecule has 0 saturated heterocycles. The van der Waals surface area contributed by atoms with Crippen molar-refractivity contribution < 1.29 is 0 Å². The van der Waals surface area contributed by atoms with Crippen molar-refractivity contribution in [2.24, 2.45) is 4.76 Å². The van der Waals surface area contributed by atoms with Crippen LogP contribution in [0.1, 0.15) is 29.1 Å². The monoisotopic (exact) mass is 456 g/mol. The van der Waals surface area contributed by atoms with Gasteiger partial charge in [-0.15, -0.1) is 0 Å². The van der Waals surface area contributed by atoms with Crippen LogP contribution in [-0.4, -0.2) is 14.6 Å². The van der Waals surface area contributed by atoms with E-state index in [9.17, 15) is 0 Å². The van der Waals surface area contributed by atoms with E-state index in [1.54, 1.807) is 23.1 Å². The van der Waals surface area contributed by atoms with Crippen molar-refractivity contribution in [2.75, 3.05) is 5.09 Å². The van der Waals surface area contributed by atoms with E-state index >= 15 is 0 Å². The third kappa shape index (κ3) is 4.19. The first-order chi connectivity index (χ1) is 14.2. The number of anilines is 1. The van der Waals surface area contributed by atoms with Crippen LogP contribution in [0.2, 0.25) is 0 Å². The van der Waals surface area contributed by atoms with Gasteiger partial charge in [0.2, 0.25) is 0 Å². The molecule has 0 amide bonds. The molecule has 0 bridgehead atoms. The van der Waals surface area contributed by atoms with Gasteiger partial charge in [0.1, 0.15) is 16.6 Å². The van der Waals surface area contributed by atoms with Crippen LogP contribution < -0.4 is 5.09 Å². The first kappa shape index (κ1) is 19.4. The summed E-state index contributed by atoms with van der Waals surface area (Å²) in [6.07, 6.45) is 2.19. The Morgan fingerprint density at radius 3 is 2.41 bits per heavy atom. The number of nitrogens with one attached hydrogen (secondary N) is 1. The molecule has 4 nitrogen and oxygen atoms in total. The molecule has 148 valence electrons. The van der Waals surface area contributed by atoms with Gasteiger partial charge in [0.05, 0.1) is 0 Å². The van der Waals surface area contributed by atoms with Crippen molar-refractivity contribution in [2.45, 2.75) is 30.9 Å². The van der Waals surface area contributed by atoms with Crippen molar-refractivity contribution >= 4 is 51.4 Å². The second-order valence-electron chi connectivity index (χ2n) is 7.05. The summed E-state index contributed by atoms with van der Waals surface area (Å²) in [5.41, 5.74) is 1.52. The molecule has 0 radical (unpaired) electrons. The highest BCUT2D eigenvalue weighted by atomic mass is 32.9. The molecule has 5 rings (SSSR count). The zero-order valence-corrected chi connectivity index (χ0v) is 19.2. The molecule has 1 aromatic heterocycles. The number of imidazole rings is 1. The molecule has 0 fully saturated rings. The van der Waals surface area contributed by atoms with E-state index < -0.39 is 5.54 Å². The van der Waals surface area contributed by atoms with Gasteiger partial charge >= 0.3 is 0 Å². The van der Waals surface area contributed by atoms with Crippen molar-refractivity contribution in [1.82, 2.24) is 9.55 Å². The van der Waals surface area contributed by atoms with Gasteiger partial charge in [-0.3, -0.25) is 0 Å². The Kier molecular flexibility index (Phi) is 5.57. The first-order valence-corrected chi connectivity index (χ1v) is 15.0. The fourth-order valence-corrected chi connectivity index (χ4v) is 9.58. The van der Waals surface area contributed by atoms with Gasteiger partial charge in [-0.05, 0) is 29.4 Å². The highest BCUT2D eigenvalue weighted by molar-refractivity contribution is 8.70. The SMILES string of the molecule is S=P1(SCc2ccccc2)N=C(SCc2ccccc2)c2c(nc3n2CCC3)N1. The average Bonchev–Trinajstić information content (AvgIpc) is 3.33. The summed E-state index contributed by atoms with van der Waals surface area (Å²) in [7, 11) is 0. The fourth-order valence-electron chi connectivity index (χ4n) is 3.57. The lowest BCUT2D eigenvalue weighted by atomic mass is 10.2. The second kappa shape index (κ2) is 8.31.